The Morgan fingerprint density at radius 3 is 2.59 bits per heavy atom. The van der Waals surface area contributed by atoms with E-state index < -0.39 is 0 Å². The maximum atomic E-state index is 6.01. The van der Waals surface area contributed by atoms with Gasteiger partial charge >= 0.3 is 0 Å². The minimum absolute atomic E-state index is 0.0945. The van der Waals surface area contributed by atoms with Gasteiger partial charge in [0.05, 0.1) is 5.54 Å². The molecule has 1 aliphatic carbocycles. The van der Waals surface area contributed by atoms with Crippen LogP contribution < -0.4 is 11.1 Å². The number of aryl methyl sites for hydroxylation is 1. The molecular weight excluding hydrogens is 208 g/mol. The molecule has 94 valence electrons. The Bertz CT molecular complexity index is 398. The molecule has 17 heavy (non-hydrogen) atoms. The van der Waals surface area contributed by atoms with Gasteiger partial charge in [0.2, 0.25) is 0 Å². The quantitative estimate of drug-likeness (QED) is 0.839. The molecule has 0 heterocycles. The fourth-order valence-electron chi connectivity index (χ4n) is 3.03. The van der Waals surface area contributed by atoms with E-state index in [1.165, 1.54) is 24.1 Å². The highest BCUT2D eigenvalue weighted by Gasteiger charge is 2.42. The Labute approximate surface area is 105 Å². The van der Waals surface area contributed by atoms with Crippen molar-refractivity contribution in [3.8, 4) is 0 Å². The third-order valence-corrected chi connectivity index (χ3v) is 3.92. The van der Waals surface area contributed by atoms with Crippen LogP contribution in [-0.2, 0) is 0 Å². The molecule has 0 aromatic heterocycles. The van der Waals surface area contributed by atoms with Gasteiger partial charge in [-0.15, -0.1) is 0 Å². The first-order valence-electron chi connectivity index (χ1n) is 6.50. The zero-order valence-corrected chi connectivity index (χ0v) is 11.2. The van der Waals surface area contributed by atoms with Gasteiger partial charge in [0.25, 0.3) is 0 Å². The Morgan fingerprint density at radius 2 is 2.06 bits per heavy atom. The summed E-state index contributed by atoms with van der Waals surface area (Å²) in [6.45, 7) is 7.51. The number of nitrogens with one attached hydrogen (secondary N) is 1. The maximum Gasteiger partial charge on any atom is 0.0501 e. The minimum atomic E-state index is 0.0945. The van der Waals surface area contributed by atoms with Crippen LogP contribution in [0.15, 0.2) is 24.3 Å². The minimum Gasteiger partial charge on any atom is -0.378 e. The Hall–Kier alpha value is -1.02. The van der Waals surface area contributed by atoms with E-state index in [9.17, 15) is 0 Å². The van der Waals surface area contributed by atoms with Crippen LogP contribution in [0.1, 0.15) is 38.7 Å². The number of rotatable bonds is 3. The third-order valence-electron chi connectivity index (χ3n) is 3.92. The fourth-order valence-corrected chi connectivity index (χ4v) is 3.03. The van der Waals surface area contributed by atoms with Crippen molar-refractivity contribution < 1.29 is 0 Å². The summed E-state index contributed by atoms with van der Waals surface area (Å²) in [6, 6.07) is 8.55. The number of hydrogen-bond acceptors (Lipinski definition) is 2. The average molecular weight is 232 g/mol. The molecule has 0 aliphatic heterocycles. The van der Waals surface area contributed by atoms with E-state index in [0.29, 0.717) is 12.0 Å². The molecule has 1 fully saturated rings. The van der Waals surface area contributed by atoms with Crippen LogP contribution in [0, 0.1) is 12.3 Å². The molecule has 1 atom stereocenters. The van der Waals surface area contributed by atoms with E-state index in [2.05, 4.69) is 50.4 Å². The van der Waals surface area contributed by atoms with Crippen molar-refractivity contribution in [2.24, 2.45) is 11.1 Å². The largest absolute Gasteiger partial charge is 0.378 e. The highest BCUT2D eigenvalue weighted by atomic mass is 15.0. The number of nitrogens with two attached hydrogens (primary N) is 1. The van der Waals surface area contributed by atoms with E-state index in [-0.39, 0.29) is 5.54 Å². The van der Waals surface area contributed by atoms with Gasteiger partial charge in [0.1, 0.15) is 0 Å². The lowest BCUT2D eigenvalue weighted by molar-refractivity contribution is 0.351. The van der Waals surface area contributed by atoms with E-state index >= 15 is 0 Å². The van der Waals surface area contributed by atoms with Crippen LogP contribution in [0.2, 0.25) is 0 Å². The molecule has 1 unspecified atom stereocenters. The lowest BCUT2D eigenvalue weighted by atomic mass is 9.87. The van der Waals surface area contributed by atoms with Crippen molar-refractivity contribution in [1.82, 2.24) is 0 Å². The van der Waals surface area contributed by atoms with Crippen LogP contribution in [0.5, 0.6) is 0 Å². The SMILES string of the molecule is Cc1cccc(NC2(CN)CCC(C)(C)C2)c1. The number of anilines is 1. The second-order valence-electron chi connectivity index (χ2n) is 6.32. The fraction of sp³-hybridized carbons (Fsp3) is 0.600. The highest BCUT2D eigenvalue weighted by molar-refractivity contribution is 5.48. The van der Waals surface area contributed by atoms with Crippen molar-refractivity contribution in [2.45, 2.75) is 45.6 Å². The third kappa shape index (κ3) is 2.81. The Morgan fingerprint density at radius 1 is 1.29 bits per heavy atom. The summed E-state index contributed by atoms with van der Waals surface area (Å²) in [5, 5.41) is 3.68. The molecule has 0 radical (unpaired) electrons. The topological polar surface area (TPSA) is 38.0 Å². The second-order valence-corrected chi connectivity index (χ2v) is 6.32. The predicted octanol–water partition coefficient (Wildman–Crippen LogP) is 3.31. The molecule has 0 saturated heterocycles. The summed E-state index contributed by atoms with van der Waals surface area (Å²) < 4.78 is 0. The molecule has 2 heteroatoms. The zero-order valence-electron chi connectivity index (χ0n) is 11.2. The molecule has 1 aliphatic rings. The summed E-state index contributed by atoms with van der Waals surface area (Å²) in [5.41, 5.74) is 9.01. The standard InChI is InChI=1S/C15H24N2/c1-12-5-4-6-13(9-12)17-15(11-16)8-7-14(2,3)10-15/h4-6,9,17H,7-8,10-11,16H2,1-3H3. The molecule has 3 N–H and O–H groups in total. The van der Waals surface area contributed by atoms with Gasteiger partial charge in [0, 0.05) is 12.2 Å². The maximum absolute atomic E-state index is 6.01. The number of hydrogen-bond donors (Lipinski definition) is 2. The molecule has 0 amide bonds. The van der Waals surface area contributed by atoms with Crippen LogP contribution in [-0.4, -0.2) is 12.1 Å². The smallest absolute Gasteiger partial charge is 0.0501 e. The van der Waals surface area contributed by atoms with Crippen LogP contribution >= 0.6 is 0 Å². The lowest BCUT2D eigenvalue weighted by Crippen LogP contribution is -2.43. The summed E-state index contributed by atoms with van der Waals surface area (Å²) >= 11 is 0. The van der Waals surface area contributed by atoms with Gasteiger partial charge < -0.3 is 11.1 Å². The molecule has 1 saturated carbocycles. The first kappa shape index (κ1) is 12.4. The second kappa shape index (κ2) is 4.34. The summed E-state index contributed by atoms with van der Waals surface area (Å²) in [5.74, 6) is 0. The van der Waals surface area contributed by atoms with Crippen LogP contribution in [0.25, 0.3) is 0 Å². The van der Waals surface area contributed by atoms with Gasteiger partial charge in [0.15, 0.2) is 0 Å². The molecule has 0 spiro atoms. The van der Waals surface area contributed by atoms with Crippen molar-refractivity contribution in [3.63, 3.8) is 0 Å². The zero-order chi connectivity index (χ0) is 12.5. The van der Waals surface area contributed by atoms with Gasteiger partial charge in [-0.25, -0.2) is 0 Å². The predicted molar refractivity (Wildman–Crippen MR) is 74.2 cm³/mol. The van der Waals surface area contributed by atoms with E-state index in [4.69, 9.17) is 5.73 Å². The van der Waals surface area contributed by atoms with Crippen molar-refractivity contribution in [1.29, 1.82) is 0 Å². The Balaban J connectivity index is 2.16. The molecule has 1 aromatic rings. The monoisotopic (exact) mass is 232 g/mol. The van der Waals surface area contributed by atoms with Gasteiger partial charge in [-0.05, 0) is 49.3 Å². The van der Waals surface area contributed by atoms with Crippen LogP contribution in [0.3, 0.4) is 0 Å². The summed E-state index contributed by atoms with van der Waals surface area (Å²) in [7, 11) is 0. The molecule has 0 bridgehead atoms. The van der Waals surface area contributed by atoms with Crippen molar-refractivity contribution in [3.05, 3.63) is 29.8 Å². The first-order chi connectivity index (χ1) is 7.95. The van der Waals surface area contributed by atoms with Gasteiger partial charge in [-0.3, -0.25) is 0 Å². The molecule has 2 rings (SSSR count). The lowest BCUT2D eigenvalue weighted by Gasteiger charge is -2.32. The van der Waals surface area contributed by atoms with Gasteiger partial charge in [-0.2, -0.15) is 0 Å². The number of benzene rings is 1. The molecule has 2 nitrogen and oxygen atoms in total. The van der Waals surface area contributed by atoms with Crippen molar-refractivity contribution >= 4 is 5.69 Å². The molecule has 1 aromatic carbocycles. The first-order valence-corrected chi connectivity index (χ1v) is 6.50. The van der Waals surface area contributed by atoms with Gasteiger partial charge in [-0.1, -0.05) is 26.0 Å². The highest BCUT2D eigenvalue weighted by Crippen LogP contribution is 2.44. The van der Waals surface area contributed by atoms with E-state index in [0.717, 1.165) is 6.42 Å². The van der Waals surface area contributed by atoms with Crippen molar-refractivity contribution in [2.75, 3.05) is 11.9 Å². The van der Waals surface area contributed by atoms with E-state index in [1.807, 2.05) is 0 Å². The average Bonchev–Trinajstić information content (AvgIpc) is 2.55. The summed E-state index contributed by atoms with van der Waals surface area (Å²) in [6.07, 6.45) is 3.58. The normalized spacial score (nSPS) is 27.1. The Kier molecular flexibility index (Phi) is 3.17. The van der Waals surface area contributed by atoms with E-state index in [1.54, 1.807) is 0 Å². The summed E-state index contributed by atoms with van der Waals surface area (Å²) in [4.78, 5) is 0. The molecular formula is C15H24N2. The van der Waals surface area contributed by atoms with Crippen LogP contribution in [0.4, 0.5) is 5.69 Å².